The van der Waals surface area contributed by atoms with Crippen LogP contribution in [0.1, 0.15) is 31.4 Å². The number of carboxylic acids is 1. The summed E-state index contributed by atoms with van der Waals surface area (Å²) in [7, 11) is 0. The number of carboxylic acid groups (broad SMARTS) is 1. The molecule has 0 aromatic heterocycles. The van der Waals surface area contributed by atoms with E-state index in [0.717, 1.165) is 0 Å². The second-order valence-corrected chi connectivity index (χ2v) is 5.83. The Morgan fingerprint density at radius 3 is 2.56 bits per heavy atom. The number of halogens is 3. The zero-order chi connectivity index (χ0) is 18.6. The van der Waals surface area contributed by atoms with Gasteiger partial charge in [-0.25, -0.2) is 9.59 Å². The predicted molar refractivity (Wildman–Crippen MR) is 82.3 cm³/mol. The number of amides is 2. The van der Waals surface area contributed by atoms with Gasteiger partial charge in [0, 0.05) is 6.54 Å². The van der Waals surface area contributed by atoms with Crippen molar-refractivity contribution in [3.63, 3.8) is 0 Å². The number of urea groups is 1. The van der Waals surface area contributed by atoms with Gasteiger partial charge in [-0.2, -0.15) is 13.2 Å². The number of nitrogens with zero attached hydrogens (tertiary/aromatic N) is 1. The highest BCUT2D eigenvalue weighted by Crippen LogP contribution is 2.22. The number of hydrogen-bond acceptors (Lipinski definition) is 3. The van der Waals surface area contributed by atoms with Crippen molar-refractivity contribution < 1.29 is 32.6 Å². The van der Waals surface area contributed by atoms with E-state index in [4.69, 9.17) is 5.11 Å². The molecule has 0 aliphatic carbocycles. The Morgan fingerprint density at radius 2 is 2.00 bits per heavy atom. The molecule has 1 aliphatic rings. The lowest BCUT2D eigenvalue weighted by atomic mass is 10.1. The van der Waals surface area contributed by atoms with Crippen molar-refractivity contribution in [1.82, 2.24) is 10.2 Å². The van der Waals surface area contributed by atoms with Gasteiger partial charge in [0.15, 0.2) is 6.61 Å². The summed E-state index contributed by atoms with van der Waals surface area (Å²) in [5.41, 5.74) is 0.666. The van der Waals surface area contributed by atoms with Crippen molar-refractivity contribution in [2.45, 2.75) is 38.0 Å². The number of alkyl halides is 3. The lowest BCUT2D eigenvalue weighted by molar-refractivity contribution is -0.153. The van der Waals surface area contributed by atoms with Crippen LogP contribution in [0.5, 0.6) is 5.75 Å². The lowest BCUT2D eigenvalue weighted by Crippen LogP contribution is -2.46. The monoisotopic (exact) mass is 360 g/mol. The van der Waals surface area contributed by atoms with Gasteiger partial charge in [0.2, 0.25) is 0 Å². The molecule has 2 atom stereocenters. The fourth-order valence-corrected chi connectivity index (χ4v) is 2.64. The predicted octanol–water partition coefficient (Wildman–Crippen LogP) is 2.95. The van der Waals surface area contributed by atoms with E-state index in [1.807, 2.05) is 0 Å². The van der Waals surface area contributed by atoms with Gasteiger partial charge in [-0.3, -0.25) is 0 Å². The molecule has 1 fully saturated rings. The zero-order valence-electron chi connectivity index (χ0n) is 13.5. The van der Waals surface area contributed by atoms with Crippen molar-refractivity contribution in [2.24, 2.45) is 0 Å². The molecule has 2 N–H and O–H groups in total. The van der Waals surface area contributed by atoms with Gasteiger partial charge < -0.3 is 20.1 Å². The highest BCUT2D eigenvalue weighted by atomic mass is 19.4. The maximum absolute atomic E-state index is 12.2. The minimum Gasteiger partial charge on any atom is -0.484 e. The molecule has 2 amide bonds. The molecule has 0 saturated carbocycles. The van der Waals surface area contributed by atoms with Crippen LogP contribution >= 0.6 is 0 Å². The van der Waals surface area contributed by atoms with E-state index < -0.39 is 36.9 Å². The first-order valence-electron chi connectivity index (χ1n) is 7.77. The van der Waals surface area contributed by atoms with Crippen LogP contribution in [0, 0.1) is 0 Å². The molecule has 1 saturated heterocycles. The van der Waals surface area contributed by atoms with Crippen LogP contribution in [0.25, 0.3) is 0 Å². The van der Waals surface area contributed by atoms with E-state index in [-0.39, 0.29) is 5.75 Å². The lowest BCUT2D eigenvalue weighted by Gasteiger charge is -2.24. The number of carbonyl (C=O) groups excluding carboxylic acids is 1. The van der Waals surface area contributed by atoms with Gasteiger partial charge in [-0.15, -0.1) is 0 Å². The molecular formula is C16H19F3N2O4. The zero-order valence-corrected chi connectivity index (χ0v) is 13.5. The van der Waals surface area contributed by atoms with Crippen LogP contribution in [0.15, 0.2) is 24.3 Å². The third-order valence-corrected chi connectivity index (χ3v) is 3.92. The molecule has 0 radical (unpaired) electrons. The summed E-state index contributed by atoms with van der Waals surface area (Å²) in [6, 6.07) is 4.14. The third-order valence-electron chi connectivity index (χ3n) is 3.92. The van der Waals surface area contributed by atoms with Crippen LogP contribution in [0.4, 0.5) is 18.0 Å². The Kier molecular flexibility index (Phi) is 5.76. The molecule has 0 bridgehead atoms. The second kappa shape index (κ2) is 7.62. The van der Waals surface area contributed by atoms with Crippen molar-refractivity contribution in [3.8, 4) is 5.75 Å². The number of nitrogens with one attached hydrogen (secondary N) is 1. The molecule has 9 heteroatoms. The average molecular weight is 360 g/mol. The van der Waals surface area contributed by atoms with E-state index in [0.29, 0.717) is 24.9 Å². The van der Waals surface area contributed by atoms with Crippen molar-refractivity contribution in [2.75, 3.05) is 13.2 Å². The number of hydrogen-bond donors (Lipinski definition) is 2. The normalized spacial score (nSPS) is 18.7. The van der Waals surface area contributed by atoms with Gasteiger partial charge in [0.25, 0.3) is 0 Å². The van der Waals surface area contributed by atoms with Gasteiger partial charge >= 0.3 is 18.2 Å². The van der Waals surface area contributed by atoms with Crippen LogP contribution in [-0.2, 0) is 4.79 Å². The molecule has 1 aromatic rings. The van der Waals surface area contributed by atoms with Crippen LogP contribution in [-0.4, -0.2) is 47.4 Å². The first-order valence-corrected chi connectivity index (χ1v) is 7.77. The summed E-state index contributed by atoms with van der Waals surface area (Å²) in [4.78, 5) is 24.6. The molecule has 2 rings (SSSR count). The second-order valence-electron chi connectivity index (χ2n) is 5.83. The van der Waals surface area contributed by atoms with Crippen molar-refractivity contribution in [1.29, 1.82) is 0 Å². The summed E-state index contributed by atoms with van der Waals surface area (Å²) in [6.45, 7) is 0.708. The largest absolute Gasteiger partial charge is 0.484 e. The molecule has 1 aromatic carbocycles. The first-order chi connectivity index (χ1) is 11.7. The Bertz CT molecular complexity index is 619. The molecule has 1 heterocycles. The third kappa shape index (κ3) is 5.27. The maximum atomic E-state index is 12.2. The molecule has 1 unspecified atom stereocenters. The molecule has 25 heavy (non-hydrogen) atoms. The summed E-state index contributed by atoms with van der Waals surface area (Å²) in [5, 5.41) is 11.8. The number of benzene rings is 1. The standard InChI is InChI=1S/C16H19F3N2O4/c1-10(20-15(24)21-8-2-3-13(21)14(22)23)11-4-6-12(7-5-11)25-9-16(17,18)19/h4-7,10,13H,2-3,8-9H2,1H3,(H,20,24)(H,22,23)/t10?,13-/m1/s1. The minimum absolute atomic E-state index is 0.0742. The Morgan fingerprint density at radius 1 is 1.36 bits per heavy atom. The topological polar surface area (TPSA) is 78.9 Å². The number of aliphatic carboxylic acids is 1. The molecule has 6 nitrogen and oxygen atoms in total. The number of carbonyl (C=O) groups is 2. The van der Waals surface area contributed by atoms with Crippen LogP contribution in [0.2, 0.25) is 0 Å². The SMILES string of the molecule is CC(NC(=O)N1CCC[C@@H]1C(=O)O)c1ccc(OCC(F)(F)F)cc1. The highest BCUT2D eigenvalue weighted by molar-refractivity contribution is 5.83. The van der Waals surface area contributed by atoms with Crippen LogP contribution < -0.4 is 10.1 Å². The highest BCUT2D eigenvalue weighted by Gasteiger charge is 2.34. The number of rotatable bonds is 5. The van der Waals surface area contributed by atoms with E-state index in [1.54, 1.807) is 19.1 Å². The fourth-order valence-electron chi connectivity index (χ4n) is 2.64. The van der Waals surface area contributed by atoms with Crippen LogP contribution in [0.3, 0.4) is 0 Å². The first kappa shape index (κ1) is 18.9. The van der Waals surface area contributed by atoms with E-state index >= 15 is 0 Å². The van der Waals surface area contributed by atoms with Crippen molar-refractivity contribution in [3.05, 3.63) is 29.8 Å². The fraction of sp³-hybridized carbons (Fsp3) is 0.500. The molecular weight excluding hydrogens is 341 g/mol. The van der Waals surface area contributed by atoms with Gasteiger partial charge in [-0.05, 0) is 37.5 Å². The Hall–Kier alpha value is -2.45. The maximum Gasteiger partial charge on any atom is 0.422 e. The van der Waals surface area contributed by atoms with Gasteiger partial charge in [-0.1, -0.05) is 12.1 Å². The van der Waals surface area contributed by atoms with Crippen molar-refractivity contribution >= 4 is 12.0 Å². The Labute approximate surface area is 142 Å². The average Bonchev–Trinajstić information content (AvgIpc) is 3.02. The van der Waals surface area contributed by atoms with E-state index in [1.165, 1.54) is 17.0 Å². The summed E-state index contributed by atoms with van der Waals surface area (Å²) in [6.07, 6.45) is -3.36. The summed E-state index contributed by atoms with van der Waals surface area (Å²) >= 11 is 0. The van der Waals surface area contributed by atoms with E-state index in [9.17, 15) is 22.8 Å². The number of likely N-dealkylation sites (tertiary alicyclic amines) is 1. The van der Waals surface area contributed by atoms with Gasteiger partial charge in [0.05, 0.1) is 6.04 Å². The smallest absolute Gasteiger partial charge is 0.422 e. The molecule has 138 valence electrons. The summed E-state index contributed by atoms with van der Waals surface area (Å²) < 4.78 is 41.0. The van der Waals surface area contributed by atoms with Gasteiger partial charge in [0.1, 0.15) is 11.8 Å². The molecule has 1 aliphatic heterocycles. The quantitative estimate of drug-likeness (QED) is 0.846. The van der Waals surface area contributed by atoms with E-state index in [2.05, 4.69) is 10.1 Å². The minimum atomic E-state index is -4.41. The summed E-state index contributed by atoms with van der Waals surface area (Å²) in [5.74, 6) is -0.962. The number of ether oxygens (including phenoxy) is 1. The molecule has 0 spiro atoms. The Balaban J connectivity index is 1.93.